The fourth-order valence-corrected chi connectivity index (χ4v) is 2.33. The summed E-state index contributed by atoms with van der Waals surface area (Å²) in [5, 5.41) is 0. The lowest BCUT2D eigenvalue weighted by atomic mass is 10.3. The van der Waals surface area contributed by atoms with Crippen molar-refractivity contribution in [3.63, 3.8) is 0 Å². The average Bonchev–Trinajstić information content (AvgIpc) is 2.63. The summed E-state index contributed by atoms with van der Waals surface area (Å²) in [7, 11) is 2.17. The van der Waals surface area contributed by atoms with Crippen LogP contribution in [0, 0.1) is 0 Å². The van der Waals surface area contributed by atoms with E-state index in [1.54, 1.807) is 0 Å². The summed E-state index contributed by atoms with van der Waals surface area (Å²) < 4.78 is 0. The largest absolute Gasteiger partial charge is 0.355 e. The molecule has 3 N–H and O–H groups in total. The Kier molecular flexibility index (Phi) is 4.93. The van der Waals surface area contributed by atoms with Crippen molar-refractivity contribution in [1.29, 1.82) is 0 Å². The zero-order chi connectivity index (χ0) is 13.7. The van der Waals surface area contributed by atoms with Crippen LogP contribution in [0.25, 0.3) is 0 Å². The molecule has 0 radical (unpaired) electrons. The first-order chi connectivity index (χ1) is 9.22. The lowest BCUT2D eigenvalue weighted by Crippen LogP contribution is -2.30. The minimum absolute atomic E-state index is 0.700. The van der Waals surface area contributed by atoms with Gasteiger partial charge in [0.25, 0.3) is 0 Å². The van der Waals surface area contributed by atoms with Gasteiger partial charge in [-0.1, -0.05) is 6.92 Å². The molecule has 2 heterocycles. The van der Waals surface area contributed by atoms with E-state index in [0.29, 0.717) is 5.82 Å². The van der Waals surface area contributed by atoms with Crippen molar-refractivity contribution >= 4 is 11.6 Å². The van der Waals surface area contributed by atoms with Crippen LogP contribution >= 0.6 is 0 Å². The van der Waals surface area contributed by atoms with Crippen LogP contribution in [0.4, 0.5) is 11.6 Å². The second-order valence-electron chi connectivity index (χ2n) is 5.07. The van der Waals surface area contributed by atoms with Gasteiger partial charge in [-0.15, -0.1) is 0 Å². The molecule has 0 saturated carbocycles. The SMILES string of the molecule is CCCc1nc(NN)cc(N2CCCN(C)CC2)n1. The van der Waals surface area contributed by atoms with Gasteiger partial charge >= 0.3 is 0 Å². The van der Waals surface area contributed by atoms with Gasteiger partial charge in [0.2, 0.25) is 0 Å². The van der Waals surface area contributed by atoms with Gasteiger partial charge in [-0.05, 0) is 26.4 Å². The van der Waals surface area contributed by atoms with Crippen molar-refractivity contribution in [2.45, 2.75) is 26.2 Å². The van der Waals surface area contributed by atoms with E-state index in [-0.39, 0.29) is 0 Å². The van der Waals surface area contributed by atoms with Crippen LogP contribution in [0.5, 0.6) is 0 Å². The summed E-state index contributed by atoms with van der Waals surface area (Å²) in [4.78, 5) is 13.7. The standard InChI is InChI=1S/C13H24N6/c1-3-5-11-15-12(17-14)10-13(16-11)19-7-4-6-18(2)8-9-19/h10H,3-9,14H2,1-2H3,(H,15,16,17). The first kappa shape index (κ1) is 14.0. The number of nitrogens with one attached hydrogen (secondary N) is 1. The quantitative estimate of drug-likeness (QED) is 0.621. The number of hydrazine groups is 1. The molecule has 0 spiro atoms. The van der Waals surface area contributed by atoms with Gasteiger partial charge in [0.05, 0.1) is 0 Å². The predicted octanol–water partition coefficient (Wildman–Crippen LogP) is 0.857. The van der Waals surface area contributed by atoms with Gasteiger partial charge in [0.15, 0.2) is 0 Å². The molecular weight excluding hydrogens is 240 g/mol. The molecule has 6 heteroatoms. The van der Waals surface area contributed by atoms with E-state index in [1.807, 2.05) is 6.07 Å². The summed E-state index contributed by atoms with van der Waals surface area (Å²) in [5.41, 5.74) is 2.64. The van der Waals surface area contributed by atoms with E-state index < -0.39 is 0 Å². The lowest BCUT2D eigenvalue weighted by Gasteiger charge is -2.22. The topological polar surface area (TPSA) is 70.3 Å². The molecule has 19 heavy (non-hydrogen) atoms. The van der Waals surface area contributed by atoms with Gasteiger partial charge < -0.3 is 15.2 Å². The molecule has 1 aliphatic heterocycles. The van der Waals surface area contributed by atoms with E-state index in [0.717, 1.165) is 57.1 Å². The Balaban J connectivity index is 2.19. The van der Waals surface area contributed by atoms with E-state index in [4.69, 9.17) is 5.84 Å². The number of nitrogens with two attached hydrogens (primary N) is 1. The molecule has 0 aliphatic carbocycles. The molecule has 1 saturated heterocycles. The number of hydrogen-bond donors (Lipinski definition) is 2. The van der Waals surface area contributed by atoms with Crippen LogP contribution in [0.3, 0.4) is 0 Å². The smallest absolute Gasteiger partial charge is 0.145 e. The third-order valence-corrected chi connectivity index (χ3v) is 3.42. The normalized spacial score (nSPS) is 17.3. The third kappa shape index (κ3) is 3.78. The molecule has 0 atom stereocenters. The molecule has 0 bridgehead atoms. The van der Waals surface area contributed by atoms with E-state index in [1.165, 1.54) is 0 Å². The van der Waals surface area contributed by atoms with Gasteiger partial charge in [-0.2, -0.15) is 0 Å². The fraction of sp³-hybridized carbons (Fsp3) is 0.692. The number of rotatable bonds is 4. The van der Waals surface area contributed by atoms with Crippen molar-refractivity contribution in [3.8, 4) is 0 Å². The number of aromatic nitrogens is 2. The maximum absolute atomic E-state index is 5.50. The Hall–Kier alpha value is -1.40. The van der Waals surface area contributed by atoms with Crippen LogP contribution in [-0.4, -0.2) is 48.1 Å². The molecule has 0 amide bonds. The Morgan fingerprint density at radius 2 is 2.11 bits per heavy atom. The number of nitrogen functional groups attached to an aromatic ring is 1. The minimum Gasteiger partial charge on any atom is -0.355 e. The maximum Gasteiger partial charge on any atom is 0.145 e. The van der Waals surface area contributed by atoms with Crippen LogP contribution in [0.2, 0.25) is 0 Å². The summed E-state index contributed by atoms with van der Waals surface area (Å²) >= 11 is 0. The summed E-state index contributed by atoms with van der Waals surface area (Å²) in [5.74, 6) is 8.05. The van der Waals surface area contributed by atoms with Gasteiger partial charge in [0.1, 0.15) is 17.5 Å². The Morgan fingerprint density at radius 1 is 1.26 bits per heavy atom. The molecule has 1 aliphatic rings. The van der Waals surface area contributed by atoms with E-state index in [2.05, 4.69) is 39.2 Å². The van der Waals surface area contributed by atoms with Crippen molar-refractivity contribution in [3.05, 3.63) is 11.9 Å². The predicted molar refractivity (Wildman–Crippen MR) is 78.2 cm³/mol. The average molecular weight is 264 g/mol. The van der Waals surface area contributed by atoms with Gasteiger partial charge in [0, 0.05) is 32.1 Å². The van der Waals surface area contributed by atoms with E-state index in [9.17, 15) is 0 Å². The minimum atomic E-state index is 0.700. The summed E-state index contributed by atoms with van der Waals surface area (Å²) in [6, 6.07) is 1.94. The molecular formula is C13H24N6. The third-order valence-electron chi connectivity index (χ3n) is 3.42. The molecule has 1 aromatic rings. The van der Waals surface area contributed by atoms with Crippen LogP contribution in [-0.2, 0) is 6.42 Å². The Bertz CT molecular complexity index is 408. The number of anilines is 2. The first-order valence-electron chi connectivity index (χ1n) is 7.01. The molecule has 2 rings (SSSR count). The number of hydrogen-bond acceptors (Lipinski definition) is 6. The maximum atomic E-state index is 5.50. The summed E-state index contributed by atoms with van der Waals surface area (Å²) in [6.07, 6.45) is 3.08. The van der Waals surface area contributed by atoms with Crippen molar-refractivity contribution in [1.82, 2.24) is 14.9 Å². The zero-order valence-corrected chi connectivity index (χ0v) is 11.9. The number of nitrogens with zero attached hydrogens (tertiary/aromatic N) is 4. The van der Waals surface area contributed by atoms with Crippen LogP contribution in [0.1, 0.15) is 25.6 Å². The second kappa shape index (κ2) is 6.68. The first-order valence-corrected chi connectivity index (χ1v) is 7.01. The van der Waals surface area contributed by atoms with Crippen molar-refractivity contribution in [2.75, 3.05) is 43.6 Å². The monoisotopic (exact) mass is 264 g/mol. The molecule has 1 fully saturated rings. The molecule has 6 nitrogen and oxygen atoms in total. The lowest BCUT2D eigenvalue weighted by molar-refractivity contribution is 0.360. The molecule has 0 unspecified atom stereocenters. The van der Waals surface area contributed by atoms with E-state index >= 15 is 0 Å². The zero-order valence-electron chi connectivity index (χ0n) is 11.9. The number of aryl methyl sites for hydroxylation is 1. The van der Waals surface area contributed by atoms with Crippen LogP contribution < -0.4 is 16.2 Å². The van der Waals surface area contributed by atoms with Gasteiger partial charge in [-0.25, -0.2) is 15.8 Å². The highest BCUT2D eigenvalue weighted by atomic mass is 15.3. The van der Waals surface area contributed by atoms with Crippen molar-refractivity contribution < 1.29 is 0 Å². The number of likely N-dealkylation sites (N-methyl/N-ethyl adjacent to an activating group) is 1. The molecule has 0 aromatic carbocycles. The van der Waals surface area contributed by atoms with Crippen LogP contribution in [0.15, 0.2) is 6.07 Å². The highest BCUT2D eigenvalue weighted by Gasteiger charge is 2.15. The highest BCUT2D eigenvalue weighted by Crippen LogP contribution is 2.17. The molecule has 106 valence electrons. The Morgan fingerprint density at radius 3 is 2.84 bits per heavy atom. The molecule has 1 aromatic heterocycles. The fourth-order valence-electron chi connectivity index (χ4n) is 2.33. The highest BCUT2D eigenvalue weighted by molar-refractivity contribution is 5.49. The summed E-state index contributed by atoms with van der Waals surface area (Å²) in [6.45, 7) is 6.39. The Labute approximate surface area is 115 Å². The van der Waals surface area contributed by atoms with Crippen molar-refractivity contribution in [2.24, 2.45) is 5.84 Å². The van der Waals surface area contributed by atoms with Gasteiger partial charge in [-0.3, -0.25) is 0 Å². The second-order valence-corrected chi connectivity index (χ2v) is 5.07.